The maximum Gasteiger partial charge on any atom is 0.281 e. The largest absolute Gasteiger partial charge is 0.281 e. The second kappa shape index (κ2) is 7.21. The first-order valence-electron chi connectivity index (χ1n) is 7.97. The number of thiophene rings is 1. The molecule has 0 spiro atoms. The van der Waals surface area contributed by atoms with Crippen LogP contribution in [0, 0.1) is 17.6 Å². The fourth-order valence-electron chi connectivity index (χ4n) is 2.88. The van der Waals surface area contributed by atoms with Gasteiger partial charge in [0.25, 0.3) is 5.91 Å². The Morgan fingerprint density at radius 3 is 3.00 bits per heavy atom. The van der Waals surface area contributed by atoms with E-state index in [4.69, 9.17) is 0 Å². The lowest BCUT2D eigenvalue weighted by Gasteiger charge is -2.19. The number of nitrogens with zero attached hydrogens (tertiary/aromatic N) is 1. The molecule has 2 aromatic rings. The number of amides is 1. The summed E-state index contributed by atoms with van der Waals surface area (Å²) in [6, 6.07) is 5.13. The van der Waals surface area contributed by atoms with Gasteiger partial charge in [-0.3, -0.25) is 4.79 Å². The summed E-state index contributed by atoms with van der Waals surface area (Å²) in [5, 5.41) is 3.77. The van der Waals surface area contributed by atoms with E-state index in [9.17, 15) is 13.6 Å². The van der Waals surface area contributed by atoms with Crippen LogP contribution >= 0.6 is 11.3 Å². The summed E-state index contributed by atoms with van der Waals surface area (Å²) in [5.41, 5.74) is 3.78. The maximum absolute atomic E-state index is 13.5. The summed E-state index contributed by atoms with van der Waals surface area (Å²) < 4.78 is 26.3. The molecule has 3 rings (SSSR count). The van der Waals surface area contributed by atoms with Gasteiger partial charge >= 0.3 is 0 Å². The molecule has 6 heteroatoms. The van der Waals surface area contributed by atoms with Crippen LogP contribution in [0.5, 0.6) is 0 Å². The highest BCUT2D eigenvalue weighted by molar-refractivity contribution is 7.14. The van der Waals surface area contributed by atoms with Crippen LogP contribution in [0.1, 0.15) is 45.4 Å². The number of carbonyl (C=O) groups is 1. The number of fused-ring (bicyclic) bond motifs is 1. The summed E-state index contributed by atoms with van der Waals surface area (Å²) in [6.07, 6.45) is 5.56. The van der Waals surface area contributed by atoms with Gasteiger partial charge in [-0.1, -0.05) is 13.3 Å². The zero-order chi connectivity index (χ0) is 17.1. The Bertz CT molecular complexity index is 785. The fraction of sp³-hybridized carbons (Fsp3) is 0.333. The minimum absolute atomic E-state index is 0.118. The molecule has 1 aliphatic carbocycles. The van der Waals surface area contributed by atoms with E-state index in [1.54, 1.807) is 0 Å². The maximum atomic E-state index is 13.5. The molecule has 1 aromatic heterocycles. The normalized spacial score (nSPS) is 17.0. The van der Waals surface area contributed by atoms with E-state index in [0.29, 0.717) is 10.8 Å². The van der Waals surface area contributed by atoms with Gasteiger partial charge in [0.15, 0.2) is 0 Å². The minimum Gasteiger partial charge on any atom is -0.266 e. The van der Waals surface area contributed by atoms with Crippen LogP contribution in [-0.2, 0) is 12.8 Å². The molecule has 1 N–H and O–H groups in total. The number of hydrogen-bond donors (Lipinski definition) is 1. The van der Waals surface area contributed by atoms with Crippen molar-refractivity contribution in [3.8, 4) is 0 Å². The van der Waals surface area contributed by atoms with Crippen molar-refractivity contribution >= 4 is 23.5 Å². The predicted molar refractivity (Wildman–Crippen MR) is 91.5 cm³/mol. The van der Waals surface area contributed by atoms with Crippen LogP contribution in [0.15, 0.2) is 29.4 Å². The Morgan fingerprint density at radius 2 is 2.25 bits per heavy atom. The third kappa shape index (κ3) is 3.70. The lowest BCUT2D eigenvalue weighted by atomic mass is 9.87. The first kappa shape index (κ1) is 16.8. The van der Waals surface area contributed by atoms with E-state index in [0.717, 1.165) is 31.4 Å². The monoisotopic (exact) mass is 348 g/mol. The summed E-state index contributed by atoms with van der Waals surface area (Å²) in [6.45, 7) is 2.19. The molecule has 0 bridgehead atoms. The van der Waals surface area contributed by atoms with Crippen molar-refractivity contribution in [1.29, 1.82) is 0 Å². The number of aryl methyl sites for hydroxylation is 1. The van der Waals surface area contributed by atoms with Crippen molar-refractivity contribution in [3.63, 3.8) is 0 Å². The molecule has 1 amide bonds. The van der Waals surface area contributed by atoms with Gasteiger partial charge in [-0.2, -0.15) is 5.10 Å². The first-order valence-corrected chi connectivity index (χ1v) is 8.78. The van der Waals surface area contributed by atoms with Crippen molar-refractivity contribution in [1.82, 2.24) is 5.43 Å². The van der Waals surface area contributed by atoms with Crippen molar-refractivity contribution in [2.75, 3.05) is 0 Å². The molecule has 3 nitrogen and oxygen atoms in total. The van der Waals surface area contributed by atoms with Crippen molar-refractivity contribution in [2.24, 2.45) is 11.0 Å². The van der Waals surface area contributed by atoms with E-state index < -0.39 is 11.6 Å². The number of rotatable bonds is 4. The van der Waals surface area contributed by atoms with Crippen molar-refractivity contribution in [3.05, 3.63) is 56.8 Å². The van der Waals surface area contributed by atoms with Crippen molar-refractivity contribution < 1.29 is 13.6 Å². The molecule has 0 fully saturated rings. The van der Waals surface area contributed by atoms with E-state index >= 15 is 0 Å². The molecule has 126 valence electrons. The van der Waals surface area contributed by atoms with Gasteiger partial charge in [-0.15, -0.1) is 11.3 Å². The quantitative estimate of drug-likeness (QED) is 0.649. The Kier molecular flexibility index (Phi) is 5.04. The Morgan fingerprint density at radius 1 is 1.42 bits per heavy atom. The second-order valence-corrected chi connectivity index (χ2v) is 7.08. The van der Waals surface area contributed by atoms with Gasteiger partial charge in [-0.25, -0.2) is 14.2 Å². The van der Waals surface area contributed by atoms with Crippen LogP contribution < -0.4 is 5.43 Å². The summed E-state index contributed by atoms with van der Waals surface area (Å²) >= 11 is 1.50. The topological polar surface area (TPSA) is 41.5 Å². The fourth-order valence-corrected chi connectivity index (χ4v) is 3.98. The molecule has 24 heavy (non-hydrogen) atoms. The molecule has 1 aromatic carbocycles. The van der Waals surface area contributed by atoms with Gasteiger partial charge in [0, 0.05) is 16.5 Å². The zero-order valence-electron chi connectivity index (χ0n) is 13.3. The Hall–Kier alpha value is -2.08. The molecule has 1 heterocycles. The van der Waals surface area contributed by atoms with Gasteiger partial charge in [0.2, 0.25) is 0 Å². The zero-order valence-corrected chi connectivity index (χ0v) is 14.1. The number of hydrazone groups is 1. The van der Waals surface area contributed by atoms with Crippen LogP contribution in [-0.4, -0.2) is 12.1 Å². The standard InChI is InChI=1S/C18H18F2N2OS/c1-2-11-3-6-16-13(7-11)8-17(24-16)18(23)22-21-10-12-4-5-14(19)9-15(12)20/h4-5,8-11H,2-3,6-7H2,1H3,(H,22,23)/b21-10+. The van der Waals surface area contributed by atoms with Crippen LogP contribution in [0.4, 0.5) is 8.78 Å². The minimum atomic E-state index is -0.717. The van der Waals surface area contributed by atoms with E-state index in [-0.39, 0.29) is 11.5 Å². The SMILES string of the molecule is CCC1CCc2sc(C(=O)N/N=C/c3ccc(F)cc3F)cc2C1. The molecule has 1 aliphatic rings. The average Bonchev–Trinajstić information content (AvgIpc) is 2.99. The molecular weight excluding hydrogens is 330 g/mol. The number of benzene rings is 1. The lowest BCUT2D eigenvalue weighted by Crippen LogP contribution is -2.16. The van der Waals surface area contributed by atoms with E-state index in [1.807, 2.05) is 6.07 Å². The van der Waals surface area contributed by atoms with Crippen LogP contribution in [0.25, 0.3) is 0 Å². The molecule has 0 saturated heterocycles. The summed E-state index contributed by atoms with van der Waals surface area (Å²) in [4.78, 5) is 14.1. The average molecular weight is 348 g/mol. The highest BCUT2D eigenvalue weighted by Crippen LogP contribution is 2.33. The first-order chi connectivity index (χ1) is 11.6. The van der Waals surface area contributed by atoms with Gasteiger partial charge in [-0.05, 0) is 48.9 Å². The smallest absolute Gasteiger partial charge is 0.266 e. The van der Waals surface area contributed by atoms with Crippen molar-refractivity contribution in [2.45, 2.75) is 32.6 Å². The van der Waals surface area contributed by atoms with Crippen LogP contribution in [0.3, 0.4) is 0 Å². The van der Waals surface area contributed by atoms with Gasteiger partial charge in [0.05, 0.1) is 11.1 Å². The Balaban J connectivity index is 1.65. The third-order valence-electron chi connectivity index (χ3n) is 4.32. The molecular formula is C18H18F2N2OS. The van der Waals surface area contributed by atoms with Gasteiger partial charge < -0.3 is 0 Å². The summed E-state index contributed by atoms with van der Waals surface area (Å²) in [7, 11) is 0. The number of hydrogen-bond acceptors (Lipinski definition) is 3. The molecule has 0 radical (unpaired) electrons. The van der Waals surface area contributed by atoms with E-state index in [1.165, 1.54) is 40.5 Å². The molecule has 1 atom stereocenters. The number of halogens is 2. The second-order valence-electron chi connectivity index (χ2n) is 5.94. The highest BCUT2D eigenvalue weighted by atomic mass is 32.1. The van der Waals surface area contributed by atoms with Gasteiger partial charge in [0.1, 0.15) is 11.6 Å². The van der Waals surface area contributed by atoms with E-state index in [2.05, 4.69) is 17.5 Å². The molecule has 0 saturated carbocycles. The Labute approximate surface area is 143 Å². The summed E-state index contributed by atoms with van der Waals surface area (Å²) in [5.74, 6) is -0.975. The number of carbonyl (C=O) groups excluding carboxylic acids is 1. The highest BCUT2D eigenvalue weighted by Gasteiger charge is 2.21. The third-order valence-corrected chi connectivity index (χ3v) is 5.55. The number of nitrogens with one attached hydrogen (secondary N) is 1. The molecule has 1 unspecified atom stereocenters. The lowest BCUT2D eigenvalue weighted by molar-refractivity contribution is 0.0959. The molecule has 0 aliphatic heterocycles. The van der Waals surface area contributed by atoms with Crippen LogP contribution in [0.2, 0.25) is 0 Å². The predicted octanol–water partition coefficient (Wildman–Crippen LogP) is 4.31.